The van der Waals surface area contributed by atoms with Gasteiger partial charge in [0.05, 0.1) is 10.2 Å². The fourth-order valence-electron chi connectivity index (χ4n) is 2.83. The Hall–Kier alpha value is -3.26. The molecule has 1 aromatic heterocycles. The van der Waals surface area contributed by atoms with E-state index in [1.54, 1.807) is 30.3 Å². The van der Waals surface area contributed by atoms with Crippen LogP contribution in [0.1, 0.15) is 30.6 Å². The third kappa shape index (κ3) is 5.87. The van der Waals surface area contributed by atoms with Crippen LogP contribution >= 0.6 is 11.3 Å². The summed E-state index contributed by atoms with van der Waals surface area (Å²) in [6.45, 7) is 3.42. The largest absolute Gasteiger partial charge is 0.454 e. The lowest BCUT2D eigenvalue weighted by Gasteiger charge is -2.19. The van der Waals surface area contributed by atoms with Crippen molar-refractivity contribution in [3.05, 3.63) is 60.2 Å². The lowest BCUT2D eigenvalue weighted by Crippen LogP contribution is -2.43. The van der Waals surface area contributed by atoms with Gasteiger partial charge in [-0.25, -0.2) is 9.78 Å². The van der Waals surface area contributed by atoms with Gasteiger partial charge >= 0.3 is 5.97 Å². The van der Waals surface area contributed by atoms with E-state index in [4.69, 9.17) is 4.74 Å². The van der Waals surface area contributed by atoms with Gasteiger partial charge in [0.1, 0.15) is 6.04 Å². The molecule has 0 saturated heterocycles. The van der Waals surface area contributed by atoms with E-state index in [1.165, 1.54) is 11.3 Å². The van der Waals surface area contributed by atoms with Gasteiger partial charge in [0.2, 0.25) is 0 Å². The number of nitrogens with one attached hydrogen (secondary N) is 2. The number of amides is 2. The van der Waals surface area contributed by atoms with Crippen LogP contribution in [0.4, 0.5) is 5.13 Å². The Morgan fingerprint density at radius 1 is 1.03 bits per heavy atom. The molecular weight excluding hydrogens is 402 g/mol. The third-order valence-corrected chi connectivity index (χ3v) is 5.17. The molecule has 2 N–H and O–H groups in total. The highest BCUT2D eigenvalue weighted by atomic mass is 32.1. The first-order valence-corrected chi connectivity index (χ1v) is 10.4. The van der Waals surface area contributed by atoms with Crippen LogP contribution in [0.5, 0.6) is 0 Å². The Balaban J connectivity index is 1.56. The van der Waals surface area contributed by atoms with Crippen molar-refractivity contribution in [2.75, 3.05) is 11.9 Å². The predicted octanol–water partition coefficient (Wildman–Crippen LogP) is 3.62. The van der Waals surface area contributed by atoms with Crippen molar-refractivity contribution >= 4 is 44.5 Å². The van der Waals surface area contributed by atoms with Gasteiger partial charge in [-0.05, 0) is 36.6 Å². The summed E-state index contributed by atoms with van der Waals surface area (Å²) >= 11 is 1.34. The molecule has 0 spiro atoms. The molecule has 7 nitrogen and oxygen atoms in total. The minimum atomic E-state index is -0.840. The Labute approximate surface area is 178 Å². The second-order valence-corrected chi connectivity index (χ2v) is 8.19. The van der Waals surface area contributed by atoms with E-state index < -0.39 is 24.5 Å². The van der Waals surface area contributed by atoms with E-state index in [1.807, 2.05) is 38.1 Å². The van der Waals surface area contributed by atoms with Crippen molar-refractivity contribution < 1.29 is 19.1 Å². The maximum absolute atomic E-state index is 12.5. The standard InChI is InChI=1S/C22H23N3O4S/c1-14(2)12-17(23-20(27)15-8-4-3-5-9-15)21(28)29-13-19(26)25-22-24-16-10-6-7-11-18(16)30-22/h3-11,14,17H,12-13H2,1-2H3,(H,23,27)(H,24,25,26)/t17-/m0/s1. The number of nitrogens with zero attached hydrogens (tertiary/aromatic N) is 1. The molecule has 3 aromatic rings. The molecule has 0 fully saturated rings. The Kier molecular flexibility index (Phi) is 7.13. The number of rotatable bonds is 8. The number of thiazole rings is 1. The molecule has 1 heterocycles. The quantitative estimate of drug-likeness (QED) is 0.537. The maximum Gasteiger partial charge on any atom is 0.329 e. The smallest absolute Gasteiger partial charge is 0.329 e. The van der Waals surface area contributed by atoms with Crippen molar-refractivity contribution in [3.8, 4) is 0 Å². The van der Waals surface area contributed by atoms with Crippen molar-refractivity contribution in [2.45, 2.75) is 26.3 Å². The summed E-state index contributed by atoms with van der Waals surface area (Å²) in [6, 6.07) is 15.3. The van der Waals surface area contributed by atoms with Crippen molar-refractivity contribution in [1.29, 1.82) is 0 Å². The topological polar surface area (TPSA) is 97.4 Å². The molecular formula is C22H23N3O4S. The minimum Gasteiger partial charge on any atom is -0.454 e. The number of para-hydroxylation sites is 1. The highest BCUT2D eigenvalue weighted by Crippen LogP contribution is 2.25. The Morgan fingerprint density at radius 3 is 2.43 bits per heavy atom. The molecule has 156 valence electrons. The van der Waals surface area contributed by atoms with E-state index in [9.17, 15) is 14.4 Å². The normalized spacial score (nSPS) is 11.8. The van der Waals surface area contributed by atoms with E-state index in [2.05, 4.69) is 15.6 Å². The van der Waals surface area contributed by atoms with Crippen LogP contribution in [-0.4, -0.2) is 35.4 Å². The van der Waals surface area contributed by atoms with E-state index in [-0.39, 0.29) is 11.8 Å². The summed E-state index contributed by atoms with van der Waals surface area (Å²) in [5, 5.41) is 5.78. The highest BCUT2D eigenvalue weighted by Gasteiger charge is 2.24. The summed E-state index contributed by atoms with van der Waals surface area (Å²) in [6.07, 6.45) is 0.400. The summed E-state index contributed by atoms with van der Waals surface area (Å²) in [7, 11) is 0. The molecule has 0 aliphatic rings. The monoisotopic (exact) mass is 425 g/mol. The second-order valence-electron chi connectivity index (χ2n) is 7.16. The van der Waals surface area contributed by atoms with Crippen LogP contribution in [0.15, 0.2) is 54.6 Å². The molecule has 0 radical (unpaired) electrons. The number of aromatic nitrogens is 1. The fraction of sp³-hybridized carbons (Fsp3) is 0.273. The second kappa shape index (κ2) is 9.98. The number of fused-ring (bicyclic) bond motifs is 1. The molecule has 3 rings (SSSR count). The van der Waals surface area contributed by atoms with Crippen molar-refractivity contribution in [3.63, 3.8) is 0 Å². The average molecular weight is 426 g/mol. The number of anilines is 1. The SMILES string of the molecule is CC(C)C[C@H](NC(=O)c1ccccc1)C(=O)OCC(=O)Nc1nc2ccccc2s1. The van der Waals surface area contributed by atoms with Gasteiger partial charge in [-0.2, -0.15) is 0 Å². The molecule has 0 unspecified atom stereocenters. The molecule has 1 atom stereocenters. The number of esters is 1. The number of carbonyl (C=O) groups is 3. The van der Waals surface area contributed by atoms with Crippen LogP contribution in [-0.2, 0) is 14.3 Å². The van der Waals surface area contributed by atoms with Crippen LogP contribution in [0, 0.1) is 5.92 Å². The third-order valence-electron chi connectivity index (χ3n) is 4.22. The molecule has 0 saturated carbocycles. The van der Waals surface area contributed by atoms with E-state index >= 15 is 0 Å². The summed E-state index contributed by atoms with van der Waals surface area (Å²) < 4.78 is 6.11. The summed E-state index contributed by atoms with van der Waals surface area (Å²) in [5.41, 5.74) is 1.24. The molecule has 2 amide bonds. The number of benzene rings is 2. The maximum atomic E-state index is 12.5. The molecule has 30 heavy (non-hydrogen) atoms. The first-order chi connectivity index (χ1) is 14.4. The van der Waals surface area contributed by atoms with Gasteiger partial charge in [0.25, 0.3) is 11.8 Å². The zero-order valence-corrected chi connectivity index (χ0v) is 17.6. The highest BCUT2D eigenvalue weighted by molar-refractivity contribution is 7.22. The van der Waals surface area contributed by atoms with E-state index in [0.717, 1.165) is 10.2 Å². The zero-order chi connectivity index (χ0) is 21.5. The van der Waals surface area contributed by atoms with Crippen LogP contribution < -0.4 is 10.6 Å². The summed E-state index contributed by atoms with van der Waals surface area (Å²) in [4.78, 5) is 41.4. The fourth-order valence-corrected chi connectivity index (χ4v) is 3.72. The number of ether oxygens (including phenoxy) is 1. The molecule has 0 aliphatic carbocycles. The zero-order valence-electron chi connectivity index (χ0n) is 16.8. The number of carbonyl (C=O) groups excluding carboxylic acids is 3. The van der Waals surface area contributed by atoms with Gasteiger partial charge in [-0.15, -0.1) is 0 Å². The van der Waals surface area contributed by atoms with Crippen LogP contribution in [0.25, 0.3) is 10.2 Å². The van der Waals surface area contributed by atoms with Crippen molar-refractivity contribution in [2.24, 2.45) is 5.92 Å². The minimum absolute atomic E-state index is 0.148. The van der Waals surface area contributed by atoms with Gasteiger partial charge in [0.15, 0.2) is 11.7 Å². The Morgan fingerprint density at radius 2 is 1.73 bits per heavy atom. The van der Waals surface area contributed by atoms with Crippen molar-refractivity contribution in [1.82, 2.24) is 10.3 Å². The first kappa shape index (κ1) is 21.4. The van der Waals surface area contributed by atoms with Crippen LogP contribution in [0.2, 0.25) is 0 Å². The molecule has 0 aliphatic heterocycles. The molecule has 8 heteroatoms. The summed E-state index contributed by atoms with van der Waals surface area (Å²) in [5.74, 6) is -1.35. The predicted molar refractivity (Wildman–Crippen MR) is 116 cm³/mol. The lowest BCUT2D eigenvalue weighted by molar-refractivity contribution is -0.149. The first-order valence-electron chi connectivity index (χ1n) is 9.60. The lowest BCUT2D eigenvalue weighted by atomic mass is 10.0. The van der Waals surface area contributed by atoms with Gasteiger partial charge in [-0.3, -0.25) is 14.9 Å². The Bertz CT molecular complexity index is 1000. The van der Waals surface area contributed by atoms with Gasteiger partial charge in [0, 0.05) is 5.56 Å². The number of hydrogen-bond acceptors (Lipinski definition) is 6. The molecule has 0 bridgehead atoms. The van der Waals surface area contributed by atoms with E-state index in [0.29, 0.717) is 17.1 Å². The molecule has 2 aromatic carbocycles. The average Bonchev–Trinajstić information content (AvgIpc) is 3.14. The van der Waals surface area contributed by atoms with Crippen LogP contribution in [0.3, 0.4) is 0 Å². The van der Waals surface area contributed by atoms with Gasteiger partial charge in [-0.1, -0.05) is 55.5 Å². The van der Waals surface area contributed by atoms with Gasteiger partial charge < -0.3 is 10.1 Å². The number of hydrogen-bond donors (Lipinski definition) is 2.